The van der Waals surface area contributed by atoms with E-state index in [0.717, 1.165) is 18.4 Å². The molecule has 1 amide bonds. The van der Waals surface area contributed by atoms with Crippen LogP contribution in [-0.2, 0) is 19.5 Å². The van der Waals surface area contributed by atoms with E-state index in [-0.39, 0.29) is 29.3 Å². The molecule has 0 spiro atoms. The lowest BCUT2D eigenvalue weighted by molar-refractivity contribution is 0.0206. The summed E-state index contributed by atoms with van der Waals surface area (Å²) in [5, 5.41) is 4.65. The Bertz CT molecular complexity index is 1760. The number of hydrogen-bond donors (Lipinski definition) is 1. The molecule has 1 fully saturated rings. The number of aromatic nitrogens is 3. The number of anilines is 1. The molecule has 0 saturated carbocycles. The van der Waals surface area contributed by atoms with Gasteiger partial charge in [-0.1, -0.05) is 17.7 Å². The van der Waals surface area contributed by atoms with Gasteiger partial charge in [0, 0.05) is 36.9 Å². The van der Waals surface area contributed by atoms with E-state index in [9.17, 15) is 18.0 Å². The van der Waals surface area contributed by atoms with Gasteiger partial charge in [-0.25, -0.2) is 31.9 Å². The quantitative estimate of drug-likeness (QED) is 0.257. The average molecular weight is 626 g/mol. The first-order chi connectivity index (χ1) is 20.4. The summed E-state index contributed by atoms with van der Waals surface area (Å²) in [6.07, 6.45) is 5.66. The number of hydrogen-bond acceptors (Lipinski definition) is 10. The molecule has 1 aromatic carbocycles. The number of benzene rings is 1. The van der Waals surface area contributed by atoms with Crippen LogP contribution < -0.4 is 5.32 Å². The molecule has 3 aromatic heterocycles. The maximum Gasteiger partial charge on any atom is 0.410 e. The minimum Gasteiger partial charge on any atom is -0.462 e. The average Bonchev–Trinajstić information content (AvgIpc) is 3.61. The van der Waals surface area contributed by atoms with Gasteiger partial charge in [0.05, 0.1) is 29.0 Å². The van der Waals surface area contributed by atoms with Crippen molar-refractivity contribution in [3.8, 4) is 10.6 Å². The fourth-order valence-electron chi connectivity index (χ4n) is 4.89. The highest BCUT2D eigenvalue weighted by Crippen LogP contribution is 2.38. The Labute approximate surface area is 254 Å². The van der Waals surface area contributed by atoms with E-state index in [4.69, 9.17) is 9.47 Å². The zero-order valence-corrected chi connectivity index (χ0v) is 26.4. The number of esters is 1. The van der Waals surface area contributed by atoms with Gasteiger partial charge in [-0.15, -0.1) is 11.3 Å². The first-order valence-corrected chi connectivity index (χ1v) is 16.3. The summed E-state index contributed by atoms with van der Waals surface area (Å²) in [7, 11) is -3.93. The highest BCUT2D eigenvalue weighted by Gasteiger charge is 2.30. The zero-order valence-electron chi connectivity index (χ0n) is 24.8. The maximum atomic E-state index is 13.6. The Hall–Kier alpha value is -3.97. The van der Waals surface area contributed by atoms with E-state index < -0.39 is 21.6 Å². The third-order valence-corrected chi connectivity index (χ3v) is 9.58. The molecular formula is C30H35N5O6S2. The van der Waals surface area contributed by atoms with Gasteiger partial charge in [0.1, 0.15) is 15.5 Å². The number of ether oxygens (including phenoxy) is 2. The molecule has 1 atom stereocenters. The van der Waals surface area contributed by atoms with Crippen LogP contribution in [0.3, 0.4) is 0 Å². The van der Waals surface area contributed by atoms with E-state index in [0.29, 0.717) is 39.6 Å². The Morgan fingerprint density at radius 1 is 1.12 bits per heavy atom. The number of nitrogens with zero attached hydrogens (tertiary/aromatic N) is 4. The smallest absolute Gasteiger partial charge is 0.410 e. The van der Waals surface area contributed by atoms with Crippen molar-refractivity contribution in [1.82, 2.24) is 18.8 Å². The van der Waals surface area contributed by atoms with Crippen molar-refractivity contribution in [3.05, 3.63) is 59.4 Å². The van der Waals surface area contributed by atoms with E-state index in [1.54, 1.807) is 48.4 Å². The van der Waals surface area contributed by atoms with Gasteiger partial charge in [-0.2, -0.15) is 0 Å². The monoisotopic (exact) mass is 625 g/mol. The van der Waals surface area contributed by atoms with Gasteiger partial charge in [0.15, 0.2) is 5.65 Å². The van der Waals surface area contributed by atoms with Gasteiger partial charge >= 0.3 is 12.1 Å². The Kier molecular flexibility index (Phi) is 8.48. The normalized spacial score (nSPS) is 15.8. The number of carbonyl (C=O) groups is 2. The number of pyridine rings is 1. The highest BCUT2D eigenvalue weighted by molar-refractivity contribution is 7.90. The predicted octanol–water partition coefficient (Wildman–Crippen LogP) is 5.69. The van der Waals surface area contributed by atoms with E-state index in [2.05, 4.69) is 15.3 Å². The van der Waals surface area contributed by atoms with E-state index in [1.807, 2.05) is 27.7 Å². The predicted molar refractivity (Wildman–Crippen MR) is 165 cm³/mol. The molecule has 11 nitrogen and oxygen atoms in total. The molecule has 1 aliphatic rings. The molecule has 0 unspecified atom stereocenters. The van der Waals surface area contributed by atoms with Crippen molar-refractivity contribution in [3.63, 3.8) is 0 Å². The summed E-state index contributed by atoms with van der Waals surface area (Å²) < 4.78 is 39.2. The second kappa shape index (κ2) is 12.0. The summed E-state index contributed by atoms with van der Waals surface area (Å²) in [4.78, 5) is 36.4. The van der Waals surface area contributed by atoms with Crippen LogP contribution in [0.5, 0.6) is 0 Å². The first-order valence-electron chi connectivity index (χ1n) is 14.1. The van der Waals surface area contributed by atoms with E-state index >= 15 is 0 Å². The van der Waals surface area contributed by atoms with Gasteiger partial charge in [0.25, 0.3) is 10.0 Å². The number of amides is 1. The SMILES string of the molecule is CCOC(=O)c1cnc(-c2cnc3c(ccn3S(=O)(=O)c3ccc(C)cc3)c2N[C@@H]2CCCN(C(=O)OC(C)(C)C)C2)s1. The molecule has 1 saturated heterocycles. The van der Waals surface area contributed by atoms with Crippen LogP contribution >= 0.6 is 11.3 Å². The van der Waals surface area contributed by atoms with Crippen molar-refractivity contribution in [1.29, 1.82) is 0 Å². The molecule has 1 N–H and O–H groups in total. The molecular weight excluding hydrogens is 590 g/mol. The largest absolute Gasteiger partial charge is 0.462 e. The standard InChI is InChI=1S/C30H35N5O6S2/c1-6-40-28(36)24-17-32-27(42-24)23-16-31-26-22(13-15-35(26)43(38,39)21-11-9-19(2)10-12-21)25(23)33-20-8-7-14-34(18-20)29(37)41-30(3,4)5/h9-13,15-17,20H,6-8,14,18H2,1-5H3,(H,31,33)/t20-/m1/s1. The van der Waals surface area contributed by atoms with Crippen molar-refractivity contribution >= 4 is 50.1 Å². The highest BCUT2D eigenvalue weighted by atomic mass is 32.2. The first kappa shape index (κ1) is 30.5. The van der Waals surface area contributed by atoms with Crippen molar-refractivity contribution in [2.45, 2.75) is 64.0 Å². The number of piperidine rings is 1. The number of carbonyl (C=O) groups excluding carboxylic acids is 2. The fraction of sp³-hybridized carbons (Fsp3) is 0.400. The van der Waals surface area contributed by atoms with Gasteiger partial charge in [-0.05, 0) is 65.7 Å². The minimum absolute atomic E-state index is 0.148. The van der Waals surface area contributed by atoms with Crippen LogP contribution in [0.1, 0.15) is 55.8 Å². The Balaban J connectivity index is 1.56. The summed E-state index contributed by atoms with van der Waals surface area (Å²) >= 11 is 1.17. The molecule has 4 aromatic rings. The molecule has 5 rings (SSSR count). The molecule has 1 aliphatic heterocycles. The summed E-state index contributed by atoms with van der Waals surface area (Å²) in [6.45, 7) is 10.3. The minimum atomic E-state index is -3.93. The molecule has 4 heterocycles. The van der Waals surface area contributed by atoms with Crippen LogP contribution in [0.2, 0.25) is 0 Å². The third kappa shape index (κ3) is 6.52. The van der Waals surface area contributed by atoms with Crippen LogP contribution in [0.25, 0.3) is 21.6 Å². The Morgan fingerprint density at radius 3 is 2.56 bits per heavy atom. The summed E-state index contributed by atoms with van der Waals surface area (Å²) in [5.74, 6) is -0.467. The second-order valence-corrected chi connectivity index (χ2v) is 14.2. The number of thiazole rings is 1. The molecule has 13 heteroatoms. The van der Waals surface area contributed by atoms with Crippen molar-refractivity contribution < 1.29 is 27.5 Å². The number of aryl methyl sites for hydroxylation is 1. The topological polar surface area (TPSA) is 133 Å². The van der Waals surface area contributed by atoms with Crippen molar-refractivity contribution in [2.75, 3.05) is 25.0 Å². The third-order valence-electron chi connectivity index (χ3n) is 6.89. The molecule has 43 heavy (non-hydrogen) atoms. The van der Waals surface area contributed by atoms with Gasteiger partial charge in [-0.3, -0.25) is 0 Å². The molecule has 0 radical (unpaired) electrons. The molecule has 228 valence electrons. The zero-order chi connectivity index (χ0) is 30.9. The summed E-state index contributed by atoms with van der Waals surface area (Å²) in [6, 6.07) is 8.19. The molecule has 0 bridgehead atoms. The van der Waals surface area contributed by atoms with Crippen LogP contribution in [0.15, 0.2) is 53.8 Å². The summed E-state index contributed by atoms with van der Waals surface area (Å²) in [5.41, 5.74) is 1.80. The molecule has 0 aliphatic carbocycles. The van der Waals surface area contributed by atoms with Gasteiger partial charge < -0.3 is 19.7 Å². The van der Waals surface area contributed by atoms with Crippen molar-refractivity contribution in [2.24, 2.45) is 0 Å². The Morgan fingerprint density at radius 2 is 1.86 bits per heavy atom. The van der Waals surface area contributed by atoms with Gasteiger partial charge in [0.2, 0.25) is 0 Å². The lowest BCUT2D eigenvalue weighted by Gasteiger charge is -2.35. The maximum absolute atomic E-state index is 13.6. The van der Waals surface area contributed by atoms with E-state index in [1.165, 1.54) is 27.7 Å². The second-order valence-electron chi connectivity index (χ2n) is 11.4. The lowest BCUT2D eigenvalue weighted by Crippen LogP contribution is -2.47. The lowest BCUT2D eigenvalue weighted by atomic mass is 10.0. The van der Waals surface area contributed by atoms with Crippen LogP contribution in [-0.4, -0.2) is 70.7 Å². The number of rotatable bonds is 7. The number of likely N-dealkylation sites (tertiary alicyclic amines) is 1. The van der Waals surface area contributed by atoms with Crippen LogP contribution in [0, 0.1) is 6.92 Å². The number of fused-ring (bicyclic) bond motifs is 1. The van der Waals surface area contributed by atoms with Crippen LogP contribution in [0.4, 0.5) is 10.5 Å². The fourth-order valence-corrected chi connectivity index (χ4v) is 7.01. The number of nitrogens with one attached hydrogen (secondary N) is 1.